The van der Waals surface area contributed by atoms with E-state index in [9.17, 15) is 0 Å². The van der Waals surface area contributed by atoms with Gasteiger partial charge in [0, 0.05) is 12.0 Å². The van der Waals surface area contributed by atoms with Crippen molar-refractivity contribution in [2.75, 3.05) is 6.54 Å². The van der Waals surface area contributed by atoms with Crippen molar-refractivity contribution < 1.29 is 4.42 Å². The molecule has 2 fully saturated rings. The summed E-state index contributed by atoms with van der Waals surface area (Å²) in [5, 5.41) is 3.70. The van der Waals surface area contributed by atoms with Crippen LogP contribution in [0.2, 0.25) is 0 Å². The van der Waals surface area contributed by atoms with Gasteiger partial charge in [0.15, 0.2) is 11.5 Å². The van der Waals surface area contributed by atoms with E-state index in [1.807, 2.05) is 0 Å². The van der Waals surface area contributed by atoms with Crippen LogP contribution in [0, 0.1) is 5.92 Å². The molecule has 0 radical (unpaired) electrons. The smallest absolute Gasteiger partial charge is 0.198 e. The number of nitrogens with one attached hydrogen (secondary N) is 1. The van der Waals surface area contributed by atoms with Crippen molar-refractivity contribution in [3.63, 3.8) is 0 Å². The lowest BCUT2D eigenvalue weighted by Crippen LogP contribution is -2.56. The number of aromatic nitrogens is 1. The van der Waals surface area contributed by atoms with E-state index >= 15 is 0 Å². The van der Waals surface area contributed by atoms with Gasteiger partial charge in [-0.05, 0) is 66.8 Å². The lowest BCUT2D eigenvalue weighted by atomic mass is 9.59. The third kappa shape index (κ3) is 1.61. The van der Waals surface area contributed by atoms with Gasteiger partial charge in [-0.15, -0.1) is 0 Å². The van der Waals surface area contributed by atoms with Gasteiger partial charge in [-0.3, -0.25) is 0 Å². The lowest BCUT2D eigenvalue weighted by Gasteiger charge is -2.50. The Balaban J connectivity index is 1.71. The maximum Gasteiger partial charge on any atom is 0.198 e. The molecule has 110 valence electrons. The van der Waals surface area contributed by atoms with Gasteiger partial charge in [0.05, 0.1) is 0 Å². The molecular weight excluding hydrogens is 260 g/mol. The van der Waals surface area contributed by atoms with Gasteiger partial charge in [-0.1, -0.05) is 13.8 Å². The first kappa shape index (κ1) is 12.2. The summed E-state index contributed by atoms with van der Waals surface area (Å²) in [4.78, 5) is 4.73. The molecule has 2 bridgehead atoms. The molecule has 1 aromatic carbocycles. The molecule has 0 amide bonds. The van der Waals surface area contributed by atoms with Crippen LogP contribution in [0.1, 0.15) is 56.0 Å². The van der Waals surface area contributed by atoms with Crippen molar-refractivity contribution in [3.8, 4) is 0 Å². The lowest BCUT2D eigenvalue weighted by molar-refractivity contribution is 0.158. The number of oxazole rings is 1. The Kier molecular flexibility index (Phi) is 2.26. The summed E-state index contributed by atoms with van der Waals surface area (Å²) in [5.74, 6) is 2.23. The average Bonchev–Trinajstić information content (AvgIpc) is 3.22. The van der Waals surface area contributed by atoms with Crippen LogP contribution in [0.25, 0.3) is 11.1 Å². The molecule has 2 heterocycles. The van der Waals surface area contributed by atoms with Crippen LogP contribution in [0.4, 0.5) is 0 Å². The van der Waals surface area contributed by atoms with Crippen molar-refractivity contribution >= 4 is 11.1 Å². The van der Waals surface area contributed by atoms with Gasteiger partial charge in [-0.25, -0.2) is 4.98 Å². The SMILES string of the molecule is CC1[C@H]2Cc3cc4nc(C5CC5)oc4cc3[C@]1(C)CCN2. The minimum Gasteiger partial charge on any atom is -0.440 e. The minimum absolute atomic E-state index is 0.282. The second-order valence-electron chi connectivity index (χ2n) is 7.52. The standard InChI is InChI=1S/C18H22N2O/c1-10-14-7-12-8-15-16(21-17(20-15)11-3-4-11)9-13(12)18(10,2)5-6-19-14/h8-11,14,19H,3-7H2,1-2H3/t10?,14-,18-/m1/s1. The molecule has 1 N–H and O–H groups in total. The summed E-state index contributed by atoms with van der Waals surface area (Å²) in [7, 11) is 0. The molecule has 1 unspecified atom stereocenters. The number of hydrogen-bond acceptors (Lipinski definition) is 3. The Morgan fingerprint density at radius 3 is 3.00 bits per heavy atom. The summed E-state index contributed by atoms with van der Waals surface area (Å²) >= 11 is 0. The fourth-order valence-corrected chi connectivity index (χ4v) is 4.47. The van der Waals surface area contributed by atoms with Gasteiger partial charge in [-0.2, -0.15) is 0 Å². The van der Waals surface area contributed by atoms with Gasteiger partial charge < -0.3 is 9.73 Å². The summed E-state index contributed by atoms with van der Waals surface area (Å²) in [5.41, 5.74) is 5.34. The topological polar surface area (TPSA) is 38.1 Å². The van der Waals surface area contributed by atoms with E-state index in [1.54, 1.807) is 0 Å². The van der Waals surface area contributed by atoms with Crippen LogP contribution in [0.5, 0.6) is 0 Å². The zero-order valence-electron chi connectivity index (χ0n) is 12.8. The van der Waals surface area contributed by atoms with Crippen LogP contribution < -0.4 is 5.32 Å². The first-order chi connectivity index (χ1) is 10.1. The second kappa shape index (κ2) is 3.89. The summed E-state index contributed by atoms with van der Waals surface area (Å²) in [6.45, 7) is 5.97. The normalized spacial score (nSPS) is 35.0. The van der Waals surface area contributed by atoms with Crippen molar-refractivity contribution in [3.05, 3.63) is 29.2 Å². The maximum atomic E-state index is 6.05. The fourth-order valence-electron chi connectivity index (χ4n) is 4.47. The van der Waals surface area contributed by atoms with Crippen molar-refractivity contribution in [2.24, 2.45) is 5.92 Å². The quantitative estimate of drug-likeness (QED) is 0.869. The Labute approximate surface area is 125 Å². The molecule has 1 saturated carbocycles. The van der Waals surface area contributed by atoms with Gasteiger partial charge in [0.1, 0.15) is 5.52 Å². The van der Waals surface area contributed by atoms with Crippen LogP contribution in [-0.2, 0) is 11.8 Å². The van der Waals surface area contributed by atoms with Gasteiger partial charge in [0.2, 0.25) is 0 Å². The number of fused-ring (bicyclic) bond motifs is 5. The minimum atomic E-state index is 0.282. The van der Waals surface area contributed by atoms with Gasteiger partial charge >= 0.3 is 0 Å². The molecule has 1 saturated heterocycles. The number of benzene rings is 1. The molecule has 5 rings (SSSR count). The van der Waals surface area contributed by atoms with E-state index in [0.29, 0.717) is 17.9 Å². The molecule has 3 aliphatic rings. The van der Waals surface area contributed by atoms with E-state index in [0.717, 1.165) is 30.0 Å². The number of hydrogen-bond donors (Lipinski definition) is 1. The molecule has 1 aromatic heterocycles. The third-order valence-electron chi connectivity index (χ3n) is 6.27. The highest BCUT2D eigenvalue weighted by Gasteiger charge is 2.45. The van der Waals surface area contributed by atoms with Crippen LogP contribution in [0.15, 0.2) is 16.5 Å². The average molecular weight is 282 g/mol. The predicted octanol–water partition coefficient (Wildman–Crippen LogP) is 3.52. The van der Waals surface area contributed by atoms with E-state index in [1.165, 1.54) is 30.4 Å². The van der Waals surface area contributed by atoms with E-state index in [2.05, 4.69) is 31.3 Å². The first-order valence-corrected chi connectivity index (χ1v) is 8.32. The number of piperidine rings is 1. The third-order valence-corrected chi connectivity index (χ3v) is 6.27. The Hall–Kier alpha value is -1.35. The monoisotopic (exact) mass is 282 g/mol. The summed E-state index contributed by atoms with van der Waals surface area (Å²) < 4.78 is 6.05. The van der Waals surface area contributed by atoms with E-state index in [-0.39, 0.29) is 5.41 Å². The molecule has 3 atom stereocenters. The highest BCUT2D eigenvalue weighted by atomic mass is 16.3. The Bertz CT molecular complexity index is 730. The number of nitrogens with zero attached hydrogens (tertiary/aromatic N) is 1. The molecule has 3 heteroatoms. The van der Waals surface area contributed by atoms with E-state index < -0.39 is 0 Å². The van der Waals surface area contributed by atoms with Crippen LogP contribution >= 0.6 is 0 Å². The van der Waals surface area contributed by atoms with Crippen molar-refractivity contribution in [1.29, 1.82) is 0 Å². The second-order valence-corrected chi connectivity index (χ2v) is 7.52. The summed E-state index contributed by atoms with van der Waals surface area (Å²) in [6, 6.07) is 5.22. The molecule has 0 spiro atoms. The van der Waals surface area contributed by atoms with Crippen molar-refractivity contribution in [2.45, 2.75) is 56.9 Å². The predicted molar refractivity (Wildman–Crippen MR) is 82.6 cm³/mol. The highest BCUT2D eigenvalue weighted by Crippen LogP contribution is 2.47. The molecular formula is C18H22N2O. The molecule has 2 aromatic rings. The largest absolute Gasteiger partial charge is 0.440 e. The van der Waals surface area contributed by atoms with Crippen LogP contribution in [-0.4, -0.2) is 17.6 Å². The highest BCUT2D eigenvalue weighted by molar-refractivity contribution is 5.76. The fraction of sp³-hybridized carbons (Fsp3) is 0.611. The Morgan fingerprint density at radius 1 is 1.33 bits per heavy atom. The zero-order chi connectivity index (χ0) is 14.2. The first-order valence-electron chi connectivity index (χ1n) is 8.32. The van der Waals surface area contributed by atoms with E-state index in [4.69, 9.17) is 9.40 Å². The van der Waals surface area contributed by atoms with Gasteiger partial charge in [0.25, 0.3) is 0 Å². The zero-order valence-corrected chi connectivity index (χ0v) is 12.8. The summed E-state index contributed by atoms with van der Waals surface area (Å²) in [6.07, 6.45) is 4.83. The molecule has 3 nitrogen and oxygen atoms in total. The molecule has 1 aliphatic heterocycles. The molecule has 21 heavy (non-hydrogen) atoms. The van der Waals surface area contributed by atoms with Crippen molar-refractivity contribution in [1.82, 2.24) is 10.3 Å². The number of rotatable bonds is 1. The molecule has 2 aliphatic carbocycles. The Morgan fingerprint density at radius 2 is 2.19 bits per heavy atom. The maximum absolute atomic E-state index is 6.05. The van der Waals surface area contributed by atoms with Crippen LogP contribution in [0.3, 0.4) is 0 Å².